The predicted octanol–water partition coefficient (Wildman–Crippen LogP) is 3.98. The number of nitrogens with one attached hydrogen (secondary N) is 1. The van der Waals surface area contributed by atoms with Crippen molar-refractivity contribution >= 4 is 38.0 Å². The van der Waals surface area contributed by atoms with Crippen LogP contribution in [-0.2, 0) is 23.4 Å². The van der Waals surface area contributed by atoms with Crippen LogP contribution in [0.25, 0.3) is 21.5 Å². The largest absolute Gasteiger partial charge is 0.362 e. The van der Waals surface area contributed by atoms with Gasteiger partial charge in [0.2, 0.25) is 0 Å². The number of aryl methyl sites for hydroxylation is 1. The first-order valence-electron chi connectivity index (χ1n) is 12.0. The van der Waals surface area contributed by atoms with E-state index in [-0.39, 0.29) is 29.0 Å². The minimum Gasteiger partial charge on any atom is -0.362 e. The van der Waals surface area contributed by atoms with Crippen LogP contribution in [0.2, 0.25) is 0 Å². The quantitative estimate of drug-likeness (QED) is 0.392. The SMILES string of the molecule is CC(Nc1ncnc2c1cc(C1CCS(=O)(=O)CC1)c(=O)n2C)c1ccc(-c2ccccc2CN)s1. The van der Waals surface area contributed by atoms with Gasteiger partial charge in [0, 0.05) is 28.9 Å². The highest BCUT2D eigenvalue weighted by molar-refractivity contribution is 7.91. The average Bonchev–Trinajstić information content (AvgIpc) is 3.37. The van der Waals surface area contributed by atoms with Crippen molar-refractivity contribution < 1.29 is 8.42 Å². The highest BCUT2D eigenvalue weighted by Gasteiger charge is 2.28. The van der Waals surface area contributed by atoms with Crippen molar-refractivity contribution in [2.24, 2.45) is 12.8 Å². The summed E-state index contributed by atoms with van der Waals surface area (Å²) < 4.78 is 25.4. The van der Waals surface area contributed by atoms with Crippen molar-refractivity contribution in [1.29, 1.82) is 0 Å². The Morgan fingerprint density at radius 2 is 1.92 bits per heavy atom. The van der Waals surface area contributed by atoms with Gasteiger partial charge in [0.15, 0.2) is 0 Å². The molecule has 5 rings (SSSR count). The second kappa shape index (κ2) is 9.76. The molecule has 4 aromatic rings. The molecule has 1 aliphatic heterocycles. The van der Waals surface area contributed by atoms with Crippen molar-refractivity contribution in [1.82, 2.24) is 14.5 Å². The molecule has 0 aliphatic carbocycles. The van der Waals surface area contributed by atoms with Gasteiger partial charge in [-0.25, -0.2) is 18.4 Å². The fraction of sp³-hybridized carbons (Fsp3) is 0.346. The minimum absolute atomic E-state index is 0.0348. The van der Waals surface area contributed by atoms with Crippen molar-refractivity contribution in [2.45, 2.75) is 38.3 Å². The molecule has 1 atom stereocenters. The number of sulfone groups is 1. The molecule has 0 amide bonds. The van der Waals surface area contributed by atoms with Crippen molar-refractivity contribution in [3.63, 3.8) is 0 Å². The third-order valence-electron chi connectivity index (χ3n) is 6.94. The molecule has 1 aliphatic rings. The highest BCUT2D eigenvalue weighted by atomic mass is 32.2. The highest BCUT2D eigenvalue weighted by Crippen LogP contribution is 2.35. The van der Waals surface area contributed by atoms with Crippen LogP contribution in [0, 0.1) is 0 Å². The van der Waals surface area contributed by atoms with E-state index >= 15 is 0 Å². The predicted molar refractivity (Wildman–Crippen MR) is 145 cm³/mol. The number of pyridine rings is 1. The molecule has 0 spiro atoms. The van der Waals surface area contributed by atoms with Crippen LogP contribution < -0.4 is 16.6 Å². The second-order valence-corrected chi connectivity index (χ2v) is 12.7. The summed E-state index contributed by atoms with van der Waals surface area (Å²) in [7, 11) is -1.32. The molecule has 0 radical (unpaired) electrons. The van der Waals surface area contributed by atoms with Gasteiger partial charge in [-0.1, -0.05) is 24.3 Å². The van der Waals surface area contributed by atoms with Crippen LogP contribution in [0.5, 0.6) is 0 Å². The van der Waals surface area contributed by atoms with E-state index in [0.29, 0.717) is 36.4 Å². The number of thiophene rings is 1. The molecule has 188 valence electrons. The molecule has 4 heterocycles. The molecule has 0 saturated carbocycles. The molecule has 8 nitrogen and oxygen atoms in total. The van der Waals surface area contributed by atoms with E-state index in [9.17, 15) is 13.2 Å². The number of anilines is 1. The Bertz CT molecular complexity index is 1580. The molecular formula is C26H29N5O3S2. The van der Waals surface area contributed by atoms with E-state index in [1.807, 2.05) is 24.3 Å². The molecule has 3 aromatic heterocycles. The zero-order valence-corrected chi connectivity index (χ0v) is 21.9. The summed E-state index contributed by atoms with van der Waals surface area (Å²) in [5.41, 5.74) is 9.22. The Balaban J connectivity index is 1.47. The molecule has 1 aromatic carbocycles. The molecule has 1 fully saturated rings. The lowest BCUT2D eigenvalue weighted by Crippen LogP contribution is -2.29. The lowest BCUT2D eigenvalue weighted by atomic mass is 9.94. The van der Waals surface area contributed by atoms with E-state index < -0.39 is 9.84 Å². The van der Waals surface area contributed by atoms with Gasteiger partial charge in [-0.05, 0) is 55.0 Å². The minimum atomic E-state index is -3.02. The molecule has 3 N–H and O–H groups in total. The summed E-state index contributed by atoms with van der Waals surface area (Å²) in [6.45, 7) is 2.56. The Morgan fingerprint density at radius 3 is 2.67 bits per heavy atom. The maximum atomic E-state index is 13.1. The van der Waals surface area contributed by atoms with Crippen LogP contribution >= 0.6 is 11.3 Å². The summed E-state index contributed by atoms with van der Waals surface area (Å²) in [6.07, 6.45) is 2.37. The van der Waals surface area contributed by atoms with E-state index in [1.165, 1.54) is 10.9 Å². The van der Waals surface area contributed by atoms with Gasteiger partial charge in [-0.15, -0.1) is 11.3 Å². The second-order valence-electron chi connectivity index (χ2n) is 9.28. The standard InChI is InChI=1S/C26H29N5O3S2/c1-16(22-7-8-23(35-22)19-6-4-3-5-18(19)14-27)30-24-21-13-20(17-9-11-36(33,34)12-10-17)26(32)31(2)25(21)29-15-28-24/h3-8,13,15-17H,9-12,14,27H2,1-2H3,(H,28,29,30). The van der Waals surface area contributed by atoms with Gasteiger partial charge in [0.05, 0.1) is 22.9 Å². The smallest absolute Gasteiger partial charge is 0.255 e. The maximum Gasteiger partial charge on any atom is 0.255 e. The third-order valence-corrected chi connectivity index (χ3v) is 9.95. The molecule has 10 heteroatoms. The average molecular weight is 524 g/mol. The summed E-state index contributed by atoms with van der Waals surface area (Å²) in [6, 6.07) is 14.2. The van der Waals surface area contributed by atoms with Gasteiger partial charge < -0.3 is 11.1 Å². The molecular weight excluding hydrogens is 494 g/mol. The zero-order valence-electron chi connectivity index (χ0n) is 20.3. The first-order chi connectivity index (χ1) is 17.3. The van der Waals surface area contributed by atoms with E-state index in [2.05, 4.69) is 40.4 Å². The maximum absolute atomic E-state index is 13.1. The van der Waals surface area contributed by atoms with Crippen molar-refractivity contribution in [2.75, 3.05) is 16.8 Å². The first kappa shape index (κ1) is 24.6. The van der Waals surface area contributed by atoms with Gasteiger partial charge in [-0.2, -0.15) is 0 Å². The lowest BCUT2D eigenvalue weighted by Gasteiger charge is -2.23. The van der Waals surface area contributed by atoms with Gasteiger partial charge in [0.1, 0.15) is 27.6 Å². The molecule has 36 heavy (non-hydrogen) atoms. The zero-order chi connectivity index (χ0) is 25.4. The van der Waals surface area contributed by atoms with E-state index in [4.69, 9.17) is 5.73 Å². The number of nitrogens with two attached hydrogens (primary N) is 1. The summed E-state index contributed by atoms with van der Waals surface area (Å²) in [5.74, 6) is 0.773. The fourth-order valence-corrected chi connectivity index (χ4v) is 7.41. The van der Waals surface area contributed by atoms with Crippen LogP contribution in [0.3, 0.4) is 0 Å². The number of aromatic nitrogens is 3. The van der Waals surface area contributed by atoms with Gasteiger partial charge >= 0.3 is 0 Å². The Kier molecular flexibility index (Phi) is 6.67. The number of hydrogen-bond acceptors (Lipinski definition) is 8. The summed E-state index contributed by atoms with van der Waals surface area (Å²) in [5, 5.41) is 4.26. The third kappa shape index (κ3) is 4.68. The molecule has 0 bridgehead atoms. The van der Waals surface area contributed by atoms with Crippen LogP contribution in [0.4, 0.5) is 5.82 Å². The molecule has 1 saturated heterocycles. The first-order valence-corrected chi connectivity index (χ1v) is 14.6. The lowest BCUT2D eigenvalue weighted by molar-refractivity contribution is 0.546. The normalized spacial score (nSPS) is 16.8. The van der Waals surface area contributed by atoms with Crippen LogP contribution in [-0.4, -0.2) is 34.5 Å². The Morgan fingerprint density at radius 1 is 1.17 bits per heavy atom. The topological polar surface area (TPSA) is 120 Å². The van der Waals surface area contributed by atoms with Gasteiger partial charge in [-0.3, -0.25) is 9.36 Å². The monoisotopic (exact) mass is 523 g/mol. The van der Waals surface area contributed by atoms with E-state index in [0.717, 1.165) is 26.3 Å². The van der Waals surface area contributed by atoms with Crippen molar-refractivity contribution in [3.8, 4) is 10.4 Å². The molecule has 1 unspecified atom stereocenters. The summed E-state index contributed by atoms with van der Waals surface area (Å²) >= 11 is 1.71. The van der Waals surface area contributed by atoms with Crippen LogP contribution in [0.15, 0.2) is 53.6 Å². The van der Waals surface area contributed by atoms with Gasteiger partial charge in [0.25, 0.3) is 5.56 Å². The van der Waals surface area contributed by atoms with Crippen LogP contribution in [0.1, 0.15) is 47.7 Å². The van der Waals surface area contributed by atoms with Crippen molar-refractivity contribution in [3.05, 3.63) is 75.1 Å². The Labute approximate surface area is 214 Å². The summed E-state index contributed by atoms with van der Waals surface area (Å²) in [4.78, 5) is 24.3. The number of fused-ring (bicyclic) bond motifs is 1. The van der Waals surface area contributed by atoms with E-state index in [1.54, 1.807) is 18.4 Å². The number of benzene rings is 1. The number of rotatable bonds is 6. The fourth-order valence-electron chi connectivity index (χ4n) is 4.85. The Hall–Kier alpha value is -3.08. The number of nitrogens with zero attached hydrogens (tertiary/aromatic N) is 3. The number of hydrogen-bond donors (Lipinski definition) is 2.